The van der Waals surface area contributed by atoms with Gasteiger partial charge in [0.25, 0.3) is 0 Å². The normalized spacial score (nSPS) is 11.4. The summed E-state index contributed by atoms with van der Waals surface area (Å²) in [6.45, 7) is 0.962. The van der Waals surface area contributed by atoms with Crippen LogP contribution in [0.1, 0.15) is 0 Å². The first-order valence-electron chi connectivity index (χ1n) is 9.61. The highest BCUT2D eigenvalue weighted by Crippen LogP contribution is 2.33. The SMILES string of the molecule is COCCOc1ccc(-c2nc3cc4nc5ccccc5[nH]c4cc3n2)cc1OC. The fourth-order valence-corrected chi connectivity index (χ4v) is 3.43. The zero-order valence-corrected chi connectivity index (χ0v) is 16.7. The second kappa shape index (κ2) is 7.61. The molecular formula is C23H20N4O3. The number of aromatic nitrogens is 4. The quantitative estimate of drug-likeness (QED) is 0.337. The summed E-state index contributed by atoms with van der Waals surface area (Å²) in [6, 6.07) is 17.6. The van der Waals surface area contributed by atoms with E-state index in [1.54, 1.807) is 14.2 Å². The van der Waals surface area contributed by atoms with Crippen LogP contribution in [0.2, 0.25) is 0 Å². The number of nitrogens with zero attached hydrogens (tertiary/aromatic N) is 3. The van der Waals surface area contributed by atoms with Crippen LogP contribution in [-0.2, 0) is 4.74 Å². The summed E-state index contributed by atoms with van der Waals surface area (Å²) in [7, 11) is 3.25. The molecule has 0 amide bonds. The van der Waals surface area contributed by atoms with Gasteiger partial charge in [0.1, 0.15) is 6.61 Å². The number of imidazole rings is 1. The predicted octanol–water partition coefficient (Wildman–Crippen LogP) is 4.36. The van der Waals surface area contributed by atoms with Gasteiger partial charge in [-0.15, -0.1) is 0 Å². The molecule has 0 spiro atoms. The van der Waals surface area contributed by atoms with Crippen LogP contribution >= 0.6 is 0 Å². The van der Waals surface area contributed by atoms with E-state index in [2.05, 4.69) is 4.98 Å². The Morgan fingerprint density at radius 1 is 0.733 bits per heavy atom. The Morgan fingerprint density at radius 3 is 2.40 bits per heavy atom. The number of methoxy groups -OCH3 is 2. The fraction of sp³-hybridized carbons (Fsp3) is 0.174. The minimum absolute atomic E-state index is 0.452. The molecule has 0 saturated heterocycles. The summed E-state index contributed by atoms with van der Waals surface area (Å²) >= 11 is 0. The van der Waals surface area contributed by atoms with Gasteiger partial charge in [0.15, 0.2) is 17.3 Å². The maximum absolute atomic E-state index is 5.71. The van der Waals surface area contributed by atoms with Crippen molar-refractivity contribution in [1.82, 2.24) is 19.9 Å². The van der Waals surface area contributed by atoms with Crippen LogP contribution in [0.3, 0.4) is 0 Å². The maximum atomic E-state index is 5.71. The third kappa shape index (κ3) is 3.29. The average molecular weight is 400 g/mol. The van der Waals surface area contributed by atoms with E-state index in [0.717, 1.165) is 38.7 Å². The van der Waals surface area contributed by atoms with E-state index in [-0.39, 0.29) is 0 Å². The summed E-state index contributed by atoms with van der Waals surface area (Å²) in [5.41, 5.74) is 6.14. The Hall–Kier alpha value is -3.71. The van der Waals surface area contributed by atoms with Crippen molar-refractivity contribution in [2.45, 2.75) is 0 Å². The van der Waals surface area contributed by atoms with E-state index < -0.39 is 0 Å². The maximum Gasteiger partial charge on any atom is 0.161 e. The molecule has 0 atom stereocenters. The molecule has 2 heterocycles. The van der Waals surface area contributed by atoms with Crippen LogP contribution in [0, 0.1) is 0 Å². The van der Waals surface area contributed by atoms with Crippen LogP contribution in [0.5, 0.6) is 11.5 Å². The van der Waals surface area contributed by atoms with Gasteiger partial charge >= 0.3 is 0 Å². The molecule has 0 aliphatic carbocycles. The standard InChI is InChI=1S/C23H20N4O3/c1-28-9-10-30-21-8-7-14(11-22(21)29-2)23-26-19-12-17-18(13-20(19)27-23)25-16-6-4-3-5-15(16)24-17/h3-8,11-13,24H,9-10H2,1-2H3. The first-order chi connectivity index (χ1) is 14.7. The first kappa shape index (κ1) is 18.3. The molecule has 150 valence electrons. The molecule has 2 aromatic heterocycles. The van der Waals surface area contributed by atoms with Gasteiger partial charge in [-0.2, -0.15) is 0 Å². The topological polar surface area (TPSA) is 82.2 Å². The van der Waals surface area contributed by atoms with Crippen molar-refractivity contribution in [1.29, 1.82) is 0 Å². The molecule has 0 aliphatic heterocycles. The third-order valence-electron chi connectivity index (χ3n) is 4.93. The Labute approximate surface area is 172 Å². The molecule has 1 N–H and O–H groups in total. The summed E-state index contributed by atoms with van der Waals surface area (Å²) in [5.74, 6) is 1.92. The molecule has 0 bridgehead atoms. The molecule has 0 saturated carbocycles. The first-order valence-corrected chi connectivity index (χ1v) is 9.61. The zero-order valence-electron chi connectivity index (χ0n) is 16.7. The molecule has 0 fully saturated rings. The number of benzene rings is 3. The number of hydrogen-bond donors (Lipinski definition) is 1. The Morgan fingerprint density at radius 2 is 1.57 bits per heavy atom. The number of hydrogen-bond acceptors (Lipinski definition) is 6. The van der Waals surface area contributed by atoms with Gasteiger partial charge in [0, 0.05) is 12.7 Å². The number of H-pyrrole nitrogens is 1. The molecular weight excluding hydrogens is 380 g/mol. The van der Waals surface area contributed by atoms with Gasteiger partial charge in [-0.25, -0.2) is 15.0 Å². The lowest BCUT2D eigenvalue weighted by Gasteiger charge is -2.11. The Kier molecular flexibility index (Phi) is 4.65. The number of ether oxygens (including phenoxy) is 3. The zero-order chi connectivity index (χ0) is 20.5. The van der Waals surface area contributed by atoms with E-state index in [4.69, 9.17) is 29.2 Å². The molecule has 30 heavy (non-hydrogen) atoms. The molecule has 7 nitrogen and oxygen atoms in total. The second-order valence-electron chi connectivity index (χ2n) is 6.87. The lowest BCUT2D eigenvalue weighted by molar-refractivity contribution is 0.144. The van der Waals surface area contributed by atoms with Gasteiger partial charge < -0.3 is 19.2 Å². The highest BCUT2D eigenvalue weighted by Gasteiger charge is 2.13. The van der Waals surface area contributed by atoms with Crippen molar-refractivity contribution < 1.29 is 14.2 Å². The van der Waals surface area contributed by atoms with Crippen molar-refractivity contribution in [2.24, 2.45) is 0 Å². The molecule has 7 heteroatoms. The molecule has 0 aliphatic rings. The summed E-state index contributed by atoms with van der Waals surface area (Å²) in [4.78, 5) is 17.6. The Balaban J connectivity index is 1.55. The molecule has 0 radical (unpaired) electrons. The molecule has 5 rings (SSSR count). The fourth-order valence-electron chi connectivity index (χ4n) is 3.43. The van der Waals surface area contributed by atoms with Crippen molar-refractivity contribution >= 4 is 33.1 Å². The third-order valence-corrected chi connectivity index (χ3v) is 4.93. The van der Waals surface area contributed by atoms with Crippen LogP contribution in [0.4, 0.5) is 0 Å². The van der Waals surface area contributed by atoms with Gasteiger partial charge in [0.2, 0.25) is 0 Å². The predicted molar refractivity (Wildman–Crippen MR) is 116 cm³/mol. The molecule has 5 aromatic rings. The summed E-state index contributed by atoms with van der Waals surface area (Å²) in [6.07, 6.45) is 0. The van der Waals surface area contributed by atoms with Crippen molar-refractivity contribution in [3.63, 3.8) is 0 Å². The number of rotatable bonds is 6. The van der Waals surface area contributed by atoms with Crippen molar-refractivity contribution in [2.75, 3.05) is 27.4 Å². The average Bonchev–Trinajstić information content (AvgIpc) is 3.19. The van der Waals surface area contributed by atoms with E-state index in [9.17, 15) is 0 Å². The minimum atomic E-state index is 0.452. The second-order valence-corrected chi connectivity index (χ2v) is 6.87. The number of aromatic amines is 1. The van der Waals surface area contributed by atoms with Gasteiger partial charge in [-0.3, -0.25) is 0 Å². The highest BCUT2D eigenvalue weighted by atomic mass is 16.5. The lowest BCUT2D eigenvalue weighted by atomic mass is 10.2. The van der Waals surface area contributed by atoms with E-state index in [1.807, 2.05) is 54.6 Å². The summed E-state index contributed by atoms with van der Waals surface area (Å²) in [5, 5.41) is 0. The monoisotopic (exact) mass is 400 g/mol. The van der Waals surface area contributed by atoms with Crippen LogP contribution < -0.4 is 9.47 Å². The van der Waals surface area contributed by atoms with Gasteiger partial charge in [-0.1, -0.05) is 12.1 Å². The van der Waals surface area contributed by atoms with Crippen LogP contribution in [-0.4, -0.2) is 47.4 Å². The Bertz CT molecular complexity index is 1290. The van der Waals surface area contributed by atoms with E-state index in [0.29, 0.717) is 30.5 Å². The molecule has 3 aromatic carbocycles. The van der Waals surface area contributed by atoms with Crippen molar-refractivity contribution in [3.05, 3.63) is 54.6 Å². The van der Waals surface area contributed by atoms with Crippen LogP contribution in [0.15, 0.2) is 54.6 Å². The van der Waals surface area contributed by atoms with Crippen molar-refractivity contribution in [3.8, 4) is 22.9 Å². The largest absolute Gasteiger partial charge is 0.493 e. The van der Waals surface area contributed by atoms with E-state index >= 15 is 0 Å². The minimum Gasteiger partial charge on any atom is -0.493 e. The smallest absolute Gasteiger partial charge is 0.161 e. The number of para-hydroxylation sites is 2. The highest BCUT2D eigenvalue weighted by molar-refractivity contribution is 5.95. The summed E-state index contributed by atoms with van der Waals surface area (Å²) < 4.78 is 16.2. The number of fused-ring (bicyclic) bond motifs is 3. The van der Waals surface area contributed by atoms with Gasteiger partial charge in [-0.05, 0) is 42.5 Å². The van der Waals surface area contributed by atoms with E-state index in [1.165, 1.54) is 0 Å². The molecule has 0 unspecified atom stereocenters. The van der Waals surface area contributed by atoms with Crippen LogP contribution in [0.25, 0.3) is 44.5 Å². The lowest BCUT2D eigenvalue weighted by Crippen LogP contribution is -2.05. The number of nitrogens with one attached hydrogen (secondary N) is 1. The van der Waals surface area contributed by atoms with Gasteiger partial charge in [0.05, 0.1) is 46.8 Å².